The van der Waals surface area contributed by atoms with Gasteiger partial charge in [0.1, 0.15) is 12.4 Å². The second kappa shape index (κ2) is 9.65. The summed E-state index contributed by atoms with van der Waals surface area (Å²) in [6.07, 6.45) is 3.20. The zero-order valence-electron chi connectivity index (χ0n) is 22.1. The third-order valence-electron chi connectivity index (χ3n) is 7.04. The minimum Gasteiger partial charge on any atom is -0.489 e. The Labute approximate surface area is 211 Å². The highest BCUT2D eigenvalue weighted by Gasteiger charge is 2.45. The van der Waals surface area contributed by atoms with Gasteiger partial charge in [-0.3, -0.25) is 0 Å². The van der Waals surface area contributed by atoms with Gasteiger partial charge in [0.25, 0.3) is 0 Å². The lowest BCUT2D eigenvalue weighted by atomic mass is 9.85. The maximum atomic E-state index is 15.0. The lowest BCUT2D eigenvalue weighted by Gasteiger charge is -2.37. The van der Waals surface area contributed by atoms with E-state index in [-0.39, 0.29) is 17.6 Å². The lowest BCUT2D eigenvalue weighted by Crippen LogP contribution is -2.48. The zero-order chi connectivity index (χ0) is 27.3. The van der Waals surface area contributed by atoms with Crippen LogP contribution in [0.1, 0.15) is 51.3 Å². The van der Waals surface area contributed by atoms with Crippen LogP contribution in [0.2, 0.25) is 18.6 Å². The maximum absolute atomic E-state index is 15.0. The minimum atomic E-state index is -2.78. The van der Waals surface area contributed by atoms with Gasteiger partial charge < -0.3 is 4.74 Å². The number of rotatable bonds is 6. The number of ether oxygens (including phenoxy) is 1. The fourth-order valence-corrected chi connectivity index (χ4v) is 9.18. The van der Waals surface area contributed by atoms with Crippen molar-refractivity contribution in [2.24, 2.45) is 0 Å². The molecule has 1 aliphatic carbocycles. The van der Waals surface area contributed by atoms with E-state index in [9.17, 15) is 13.2 Å². The van der Waals surface area contributed by atoms with Crippen LogP contribution in [0.25, 0.3) is 5.57 Å². The molecule has 0 radical (unpaired) electrons. The van der Waals surface area contributed by atoms with Crippen LogP contribution in [0, 0.1) is 36.0 Å². The molecule has 0 amide bonds. The Kier molecular flexibility index (Phi) is 7.48. The number of aryl methyl sites for hydroxylation is 1. The summed E-state index contributed by atoms with van der Waals surface area (Å²) in [6, 6.07) is 4.09. The second-order valence-electron chi connectivity index (χ2n) is 11.1. The van der Waals surface area contributed by atoms with Crippen molar-refractivity contribution in [2.75, 3.05) is 6.61 Å². The third kappa shape index (κ3) is 4.58. The Balaban J connectivity index is 2.34. The van der Waals surface area contributed by atoms with Gasteiger partial charge in [0, 0.05) is 5.54 Å². The second-order valence-corrected chi connectivity index (χ2v) is 15.7. The summed E-state index contributed by atoms with van der Waals surface area (Å²) in [6.45, 7) is 20.0. The van der Waals surface area contributed by atoms with Crippen molar-refractivity contribution in [3.63, 3.8) is 0 Å². The van der Waals surface area contributed by atoms with E-state index in [2.05, 4.69) is 33.4 Å². The van der Waals surface area contributed by atoms with E-state index in [4.69, 9.17) is 4.74 Å². The van der Waals surface area contributed by atoms with E-state index in [1.54, 1.807) is 19.1 Å². The highest BCUT2D eigenvalue weighted by molar-refractivity contribution is 6.93. The maximum Gasteiger partial charge on any atom is 0.200 e. The van der Waals surface area contributed by atoms with Gasteiger partial charge in [-0.05, 0) is 42.5 Å². The average molecular weight is 521 g/mol. The fourth-order valence-electron chi connectivity index (χ4n) is 5.16. The van der Waals surface area contributed by atoms with Crippen molar-refractivity contribution >= 4 is 18.8 Å². The van der Waals surface area contributed by atoms with Gasteiger partial charge in [0.05, 0.1) is 13.6 Å². The highest BCUT2D eigenvalue weighted by Crippen LogP contribution is 2.50. The van der Waals surface area contributed by atoms with Gasteiger partial charge in [-0.15, -0.1) is 0 Å². The number of allylic oxidation sites excluding steroid dienone is 4. The number of hydrogen-bond acceptors (Lipinski definition) is 1. The molecule has 0 N–H and O–H groups in total. The molecule has 0 aliphatic heterocycles. The van der Waals surface area contributed by atoms with Gasteiger partial charge in [0.15, 0.2) is 23.3 Å². The van der Waals surface area contributed by atoms with E-state index in [1.807, 2.05) is 33.0 Å². The standard InChI is InChI=1S/C29H33F5OSi/c1-10-11-35-27-19(29(5,6)7)12-15(2)13-20(27)36(8,9)28-17(4)16(3)14-18(28)21-22(30)24(32)26(34)25(33)23(21)31/h10,12-14,28H,1,11H2,2-9H3. The Hall–Kier alpha value is -2.67. The van der Waals surface area contributed by atoms with Gasteiger partial charge in [-0.25, -0.2) is 22.0 Å². The summed E-state index contributed by atoms with van der Waals surface area (Å²) >= 11 is 0. The van der Waals surface area contributed by atoms with E-state index in [0.717, 1.165) is 27.5 Å². The summed E-state index contributed by atoms with van der Waals surface area (Å²) in [5.41, 5.74) is 2.03. The quantitative estimate of drug-likeness (QED) is 0.122. The van der Waals surface area contributed by atoms with E-state index < -0.39 is 48.3 Å². The Morgan fingerprint density at radius 3 is 1.94 bits per heavy atom. The molecule has 1 unspecified atom stereocenters. The Morgan fingerprint density at radius 2 is 1.44 bits per heavy atom. The van der Waals surface area contributed by atoms with Crippen LogP contribution in [0.15, 0.2) is 42.0 Å². The molecule has 1 atom stereocenters. The van der Waals surface area contributed by atoms with Crippen LogP contribution in [0.3, 0.4) is 0 Å². The Bertz CT molecular complexity index is 1270. The topological polar surface area (TPSA) is 9.23 Å². The average Bonchev–Trinajstić information content (AvgIpc) is 3.08. The molecule has 7 heteroatoms. The molecule has 2 aromatic carbocycles. The van der Waals surface area contributed by atoms with Gasteiger partial charge in [-0.1, -0.05) is 81.4 Å². The summed E-state index contributed by atoms with van der Waals surface area (Å²) in [5.74, 6) is -8.96. The van der Waals surface area contributed by atoms with Crippen LogP contribution < -0.4 is 9.92 Å². The van der Waals surface area contributed by atoms with Gasteiger partial charge >= 0.3 is 0 Å². The van der Waals surface area contributed by atoms with Gasteiger partial charge in [0.2, 0.25) is 5.82 Å². The number of halogens is 5. The first kappa shape index (κ1) is 27.9. The van der Waals surface area contributed by atoms with Crippen molar-refractivity contribution < 1.29 is 26.7 Å². The first-order valence-electron chi connectivity index (χ1n) is 11.9. The largest absolute Gasteiger partial charge is 0.489 e. The predicted molar refractivity (Wildman–Crippen MR) is 139 cm³/mol. The molecule has 3 rings (SSSR count). The zero-order valence-corrected chi connectivity index (χ0v) is 23.1. The molecule has 0 saturated carbocycles. The summed E-state index contributed by atoms with van der Waals surface area (Å²) in [7, 11) is -2.78. The molecule has 36 heavy (non-hydrogen) atoms. The fraction of sp³-hybridized carbons (Fsp3) is 0.379. The molecule has 0 bridgehead atoms. The summed E-state index contributed by atoms with van der Waals surface area (Å²) < 4.78 is 78.5. The molecule has 0 fully saturated rings. The van der Waals surface area contributed by atoms with Crippen molar-refractivity contribution in [1.82, 2.24) is 0 Å². The summed E-state index contributed by atoms with van der Waals surface area (Å²) in [5, 5.41) is 0.920. The highest BCUT2D eigenvalue weighted by atomic mass is 28.3. The van der Waals surface area contributed by atoms with Crippen molar-refractivity contribution in [3.05, 3.63) is 87.8 Å². The van der Waals surface area contributed by atoms with Crippen molar-refractivity contribution in [1.29, 1.82) is 0 Å². The number of benzene rings is 2. The van der Waals surface area contributed by atoms with Crippen LogP contribution in [0.4, 0.5) is 22.0 Å². The molecule has 2 aromatic rings. The molecule has 0 saturated heterocycles. The first-order chi connectivity index (χ1) is 16.5. The van der Waals surface area contributed by atoms with Crippen LogP contribution in [-0.2, 0) is 5.41 Å². The molecule has 0 aromatic heterocycles. The monoisotopic (exact) mass is 520 g/mol. The van der Waals surface area contributed by atoms with Crippen LogP contribution in [0.5, 0.6) is 5.75 Å². The molecular formula is C29H33F5OSi. The van der Waals surface area contributed by atoms with Crippen LogP contribution >= 0.6 is 0 Å². The molecule has 1 aliphatic rings. The number of hydrogen-bond donors (Lipinski definition) is 0. The SMILES string of the molecule is C=CCOc1c(C(C)(C)C)cc(C)cc1[Si](C)(C)C1C(c2c(F)c(F)c(F)c(F)c2F)=CC(C)=C1C. The Morgan fingerprint density at radius 1 is 0.917 bits per heavy atom. The first-order valence-corrected chi connectivity index (χ1v) is 14.9. The summed E-state index contributed by atoms with van der Waals surface area (Å²) in [4.78, 5) is 0. The van der Waals surface area contributed by atoms with E-state index >= 15 is 8.78 Å². The molecule has 0 heterocycles. The van der Waals surface area contributed by atoms with E-state index in [0.29, 0.717) is 5.75 Å². The predicted octanol–water partition coefficient (Wildman–Crippen LogP) is 8.27. The van der Waals surface area contributed by atoms with Crippen molar-refractivity contribution in [3.8, 4) is 5.75 Å². The normalized spacial score (nSPS) is 16.5. The lowest BCUT2D eigenvalue weighted by molar-refractivity contribution is 0.353. The molecule has 194 valence electrons. The van der Waals surface area contributed by atoms with E-state index in [1.165, 1.54) is 0 Å². The van der Waals surface area contributed by atoms with Gasteiger partial charge in [-0.2, -0.15) is 0 Å². The molecular weight excluding hydrogens is 487 g/mol. The molecule has 1 nitrogen and oxygen atoms in total. The van der Waals surface area contributed by atoms with Crippen LogP contribution in [-0.4, -0.2) is 14.7 Å². The minimum absolute atomic E-state index is 0.114. The van der Waals surface area contributed by atoms with Crippen molar-refractivity contribution in [2.45, 2.75) is 65.6 Å². The molecule has 0 spiro atoms. The smallest absolute Gasteiger partial charge is 0.200 e. The third-order valence-corrected chi connectivity index (χ3v) is 11.0.